The Kier molecular flexibility index (Phi) is 11.2. The molecule has 3 N–H and O–H groups in total. The number of aliphatic hydroxyl groups excluding tert-OH is 3. The van der Waals surface area contributed by atoms with Gasteiger partial charge < -0.3 is 20.2 Å². The van der Waals surface area contributed by atoms with Gasteiger partial charge in [0, 0.05) is 38.9 Å². The van der Waals surface area contributed by atoms with Gasteiger partial charge in [0.05, 0.1) is 6.54 Å². The second-order valence-electron chi connectivity index (χ2n) is 5.53. The zero-order valence-corrected chi connectivity index (χ0v) is 15.3. The lowest BCUT2D eigenvalue weighted by Gasteiger charge is -2.30. The predicted octanol–water partition coefficient (Wildman–Crippen LogP) is 0.907. The maximum atomic E-state index is 12.3. The van der Waals surface area contributed by atoms with Crippen LogP contribution in [0.3, 0.4) is 0 Å². The molecule has 2 heterocycles. The first kappa shape index (κ1) is 22.5. The fourth-order valence-corrected chi connectivity index (χ4v) is 3.06. The summed E-state index contributed by atoms with van der Waals surface area (Å²) in [5.41, 5.74) is 1.71. The SMILES string of the molecule is C=C/C=C1/C(=O)N(CC(O)N2CCCC2C)C/C1=C/C.CO.CO. The molecule has 6 nitrogen and oxygen atoms in total. The van der Waals surface area contributed by atoms with Crippen LogP contribution in [0.25, 0.3) is 0 Å². The van der Waals surface area contributed by atoms with Gasteiger partial charge in [-0.05, 0) is 38.3 Å². The van der Waals surface area contributed by atoms with Crippen molar-refractivity contribution in [3.8, 4) is 0 Å². The maximum absolute atomic E-state index is 12.3. The smallest absolute Gasteiger partial charge is 0.254 e. The third-order valence-corrected chi connectivity index (χ3v) is 4.23. The molecule has 0 bridgehead atoms. The molecular formula is C18H32N2O4. The van der Waals surface area contributed by atoms with Gasteiger partial charge in [0.25, 0.3) is 5.91 Å². The Balaban J connectivity index is 0.00000123. The van der Waals surface area contributed by atoms with Crippen LogP contribution < -0.4 is 0 Å². The molecule has 0 spiro atoms. The average Bonchev–Trinajstić information content (AvgIpc) is 3.17. The number of hydrogen-bond acceptors (Lipinski definition) is 5. The van der Waals surface area contributed by atoms with E-state index in [0.29, 0.717) is 24.7 Å². The molecule has 138 valence electrons. The summed E-state index contributed by atoms with van der Waals surface area (Å²) in [5, 5.41) is 24.3. The third kappa shape index (κ3) is 5.56. The molecule has 2 aliphatic rings. The first-order valence-corrected chi connectivity index (χ1v) is 8.19. The Labute approximate surface area is 145 Å². The van der Waals surface area contributed by atoms with Crippen LogP contribution in [-0.2, 0) is 4.79 Å². The van der Waals surface area contributed by atoms with E-state index < -0.39 is 6.23 Å². The first-order chi connectivity index (χ1) is 11.6. The minimum Gasteiger partial charge on any atom is -0.400 e. The number of nitrogens with zero attached hydrogens (tertiary/aromatic N) is 2. The van der Waals surface area contributed by atoms with E-state index in [9.17, 15) is 9.90 Å². The summed E-state index contributed by atoms with van der Waals surface area (Å²) >= 11 is 0. The van der Waals surface area contributed by atoms with Crippen molar-refractivity contribution in [3.63, 3.8) is 0 Å². The predicted molar refractivity (Wildman–Crippen MR) is 96.3 cm³/mol. The highest BCUT2D eigenvalue weighted by Crippen LogP contribution is 2.25. The van der Waals surface area contributed by atoms with Gasteiger partial charge in [-0.3, -0.25) is 9.69 Å². The van der Waals surface area contributed by atoms with Crippen LogP contribution in [0.2, 0.25) is 0 Å². The van der Waals surface area contributed by atoms with Crippen molar-refractivity contribution in [2.75, 3.05) is 33.9 Å². The molecule has 2 aliphatic heterocycles. The molecule has 2 rings (SSSR count). The van der Waals surface area contributed by atoms with Gasteiger partial charge >= 0.3 is 0 Å². The van der Waals surface area contributed by atoms with Crippen LogP contribution in [0.5, 0.6) is 0 Å². The topological polar surface area (TPSA) is 84.2 Å². The molecule has 2 unspecified atom stereocenters. The van der Waals surface area contributed by atoms with Crippen LogP contribution in [0.1, 0.15) is 26.7 Å². The van der Waals surface area contributed by atoms with Crippen LogP contribution in [0, 0.1) is 0 Å². The minimum atomic E-state index is -0.572. The van der Waals surface area contributed by atoms with E-state index in [2.05, 4.69) is 18.4 Å². The van der Waals surface area contributed by atoms with Gasteiger partial charge in [0.2, 0.25) is 0 Å². The second-order valence-corrected chi connectivity index (χ2v) is 5.53. The van der Waals surface area contributed by atoms with E-state index in [1.165, 1.54) is 0 Å². The fraction of sp³-hybridized carbons (Fsp3) is 0.611. The van der Waals surface area contributed by atoms with E-state index in [-0.39, 0.29) is 5.91 Å². The summed E-state index contributed by atoms with van der Waals surface area (Å²) < 4.78 is 0. The standard InChI is InChI=1S/C16H24N2O2.2CH4O/c1-4-7-14-13(5-2)10-17(16(14)20)11-15(19)18-9-6-8-12(18)3;2*1-2/h4-5,7,12,15,19H,1,6,8-11H2,2-3H3;2*2H,1H3/b13-5-,14-7+;;. The quantitative estimate of drug-likeness (QED) is 0.663. The van der Waals surface area contributed by atoms with E-state index in [1.807, 2.05) is 13.0 Å². The normalized spacial score (nSPS) is 25.2. The number of carbonyl (C=O) groups excluding carboxylic acids is 1. The summed E-state index contributed by atoms with van der Waals surface area (Å²) in [5.74, 6) is -0.0103. The number of β-amino-alcohol motifs (C(OH)–C–C–N with tert-alkyl or cyclic N) is 1. The molecule has 0 aromatic rings. The molecular weight excluding hydrogens is 308 g/mol. The minimum absolute atomic E-state index is 0.0103. The summed E-state index contributed by atoms with van der Waals surface area (Å²) in [6.45, 7) is 9.57. The lowest BCUT2D eigenvalue weighted by Crippen LogP contribution is -2.45. The maximum Gasteiger partial charge on any atom is 0.254 e. The Hall–Kier alpha value is -1.47. The van der Waals surface area contributed by atoms with Crippen molar-refractivity contribution in [2.45, 2.75) is 39.0 Å². The number of allylic oxidation sites excluding steroid dienone is 3. The molecule has 2 atom stereocenters. The molecule has 0 radical (unpaired) electrons. The van der Waals surface area contributed by atoms with E-state index >= 15 is 0 Å². The summed E-state index contributed by atoms with van der Waals surface area (Å²) in [7, 11) is 2.00. The molecule has 6 heteroatoms. The van der Waals surface area contributed by atoms with Gasteiger partial charge in [-0.2, -0.15) is 0 Å². The average molecular weight is 340 g/mol. The number of carbonyl (C=O) groups is 1. The van der Waals surface area contributed by atoms with E-state index in [1.54, 1.807) is 17.1 Å². The van der Waals surface area contributed by atoms with Crippen molar-refractivity contribution in [3.05, 3.63) is 36.0 Å². The summed E-state index contributed by atoms with van der Waals surface area (Å²) in [6, 6.07) is 0.395. The Morgan fingerprint density at radius 2 is 1.96 bits per heavy atom. The molecule has 24 heavy (non-hydrogen) atoms. The van der Waals surface area contributed by atoms with Gasteiger partial charge in [-0.15, -0.1) is 0 Å². The third-order valence-electron chi connectivity index (χ3n) is 4.23. The van der Waals surface area contributed by atoms with Crippen LogP contribution in [-0.4, -0.2) is 77.2 Å². The highest BCUT2D eigenvalue weighted by molar-refractivity contribution is 6.01. The van der Waals surface area contributed by atoms with Gasteiger partial charge in [0.1, 0.15) is 6.23 Å². The largest absolute Gasteiger partial charge is 0.400 e. The summed E-state index contributed by atoms with van der Waals surface area (Å²) in [6.07, 6.45) is 7.01. The Morgan fingerprint density at radius 1 is 1.33 bits per heavy atom. The van der Waals surface area contributed by atoms with Crippen LogP contribution in [0.4, 0.5) is 0 Å². The van der Waals surface area contributed by atoms with Crippen LogP contribution >= 0.6 is 0 Å². The molecule has 0 aromatic carbocycles. The van der Waals surface area contributed by atoms with Crippen molar-refractivity contribution < 1.29 is 20.1 Å². The Bertz CT molecular complexity index is 460. The Morgan fingerprint density at radius 3 is 2.42 bits per heavy atom. The highest BCUT2D eigenvalue weighted by Gasteiger charge is 2.34. The van der Waals surface area contributed by atoms with Crippen molar-refractivity contribution in [2.24, 2.45) is 0 Å². The number of rotatable bonds is 4. The van der Waals surface area contributed by atoms with Gasteiger partial charge in [-0.25, -0.2) is 0 Å². The molecule has 0 aliphatic carbocycles. The fourth-order valence-electron chi connectivity index (χ4n) is 3.06. The highest BCUT2D eigenvalue weighted by atomic mass is 16.3. The lowest BCUT2D eigenvalue weighted by atomic mass is 10.1. The monoisotopic (exact) mass is 340 g/mol. The summed E-state index contributed by atoms with van der Waals surface area (Å²) in [4.78, 5) is 16.1. The molecule has 2 saturated heterocycles. The zero-order chi connectivity index (χ0) is 18.7. The lowest BCUT2D eigenvalue weighted by molar-refractivity contribution is -0.128. The number of hydrogen-bond donors (Lipinski definition) is 3. The van der Waals surface area contributed by atoms with Crippen molar-refractivity contribution in [1.29, 1.82) is 0 Å². The zero-order valence-electron chi connectivity index (χ0n) is 15.3. The molecule has 0 aromatic heterocycles. The van der Waals surface area contributed by atoms with Gasteiger partial charge in [0.15, 0.2) is 0 Å². The van der Waals surface area contributed by atoms with Crippen molar-refractivity contribution in [1.82, 2.24) is 9.80 Å². The second kappa shape index (κ2) is 12.0. The number of likely N-dealkylation sites (tertiary alicyclic amines) is 2. The molecule has 2 fully saturated rings. The van der Waals surface area contributed by atoms with Crippen LogP contribution in [0.15, 0.2) is 36.0 Å². The molecule has 0 saturated carbocycles. The van der Waals surface area contributed by atoms with E-state index in [4.69, 9.17) is 10.2 Å². The molecule has 1 amide bonds. The number of amides is 1. The number of aliphatic hydroxyl groups is 3. The van der Waals surface area contributed by atoms with Crippen molar-refractivity contribution >= 4 is 5.91 Å². The van der Waals surface area contributed by atoms with Gasteiger partial charge in [-0.1, -0.05) is 18.7 Å². The van der Waals surface area contributed by atoms with E-state index in [0.717, 1.165) is 39.2 Å². The first-order valence-electron chi connectivity index (χ1n) is 8.19.